The van der Waals surface area contributed by atoms with Gasteiger partial charge in [0.25, 0.3) is 0 Å². The van der Waals surface area contributed by atoms with Gasteiger partial charge in [-0.2, -0.15) is 18.0 Å². The first kappa shape index (κ1) is 13.6. The molecule has 1 heterocycles. The van der Waals surface area contributed by atoms with Gasteiger partial charge in [-0.15, -0.1) is 10.2 Å². The highest BCUT2D eigenvalue weighted by Gasteiger charge is 2.33. The molecular weight excluding hydrogens is 283 g/mol. The second-order valence-electron chi connectivity index (χ2n) is 3.74. The number of alkyl halides is 3. The second kappa shape index (κ2) is 5.04. The van der Waals surface area contributed by atoms with Crippen LogP contribution in [0.2, 0.25) is 5.02 Å². The number of aryl methyl sites for hydroxylation is 1. The predicted octanol–water partition coefficient (Wildman–Crippen LogP) is 2.49. The van der Waals surface area contributed by atoms with Gasteiger partial charge in [0.05, 0.1) is 24.2 Å². The van der Waals surface area contributed by atoms with Gasteiger partial charge in [-0.3, -0.25) is 0 Å². The Morgan fingerprint density at radius 1 is 1.37 bits per heavy atom. The molecule has 0 bridgehead atoms. The van der Waals surface area contributed by atoms with E-state index in [9.17, 15) is 13.2 Å². The van der Waals surface area contributed by atoms with Crippen LogP contribution in [0.4, 0.5) is 18.9 Å². The van der Waals surface area contributed by atoms with Gasteiger partial charge in [0, 0.05) is 5.69 Å². The van der Waals surface area contributed by atoms with E-state index in [1.54, 1.807) is 7.05 Å². The average molecular weight is 292 g/mol. The Balaban J connectivity index is 2.13. The molecule has 2 rings (SSSR count). The van der Waals surface area contributed by atoms with Crippen molar-refractivity contribution in [3.05, 3.63) is 34.6 Å². The first-order chi connectivity index (χ1) is 8.86. The summed E-state index contributed by atoms with van der Waals surface area (Å²) in [4.78, 5) is 1.26. The normalized spacial score (nSPS) is 11.6. The van der Waals surface area contributed by atoms with Crippen molar-refractivity contribution in [2.75, 3.05) is 5.32 Å². The van der Waals surface area contributed by atoms with Crippen molar-refractivity contribution in [1.29, 1.82) is 0 Å². The number of tetrazole rings is 1. The molecule has 0 saturated heterocycles. The third-order valence-electron chi connectivity index (χ3n) is 2.27. The lowest BCUT2D eigenvalue weighted by atomic mass is 10.2. The van der Waals surface area contributed by atoms with Gasteiger partial charge in [0.2, 0.25) is 0 Å². The molecule has 0 aliphatic carbocycles. The minimum atomic E-state index is -4.49. The summed E-state index contributed by atoms with van der Waals surface area (Å²) in [6, 6.07) is 3.59. The van der Waals surface area contributed by atoms with E-state index in [0.717, 1.165) is 6.07 Å². The van der Waals surface area contributed by atoms with E-state index >= 15 is 0 Å². The van der Waals surface area contributed by atoms with Crippen molar-refractivity contribution in [3.8, 4) is 0 Å². The first-order valence-corrected chi connectivity index (χ1v) is 5.57. The lowest BCUT2D eigenvalue weighted by Crippen LogP contribution is -2.08. The van der Waals surface area contributed by atoms with Gasteiger partial charge < -0.3 is 5.32 Å². The maximum Gasteiger partial charge on any atom is 0.417 e. The maximum atomic E-state index is 12.6. The Morgan fingerprint density at radius 2 is 2.11 bits per heavy atom. The molecule has 0 spiro atoms. The Bertz CT molecular complexity index is 581. The smallest absolute Gasteiger partial charge is 0.378 e. The van der Waals surface area contributed by atoms with Crippen molar-refractivity contribution < 1.29 is 13.2 Å². The lowest BCUT2D eigenvalue weighted by Gasteiger charge is -2.11. The summed E-state index contributed by atoms with van der Waals surface area (Å²) < 4.78 is 37.9. The van der Waals surface area contributed by atoms with E-state index in [1.165, 1.54) is 16.9 Å². The monoisotopic (exact) mass is 291 g/mol. The van der Waals surface area contributed by atoms with Gasteiger partial charge in [0.15, 0.2) is 5.82 Å². The molecule has 1 N–H and O–H groups in total. The fraction of sp³-hybridized carbons (Fsp3) is 0.300. The van der Waals surface area contributed by atoms with E-state index in [1.807, 2.05) is 0 Å². The van der Waals surface area contributed by atoms with Gasteiger partial charge in [-0.25, -0.2) is 0 Å². The largest absolute Gasteiger partial charge is 0.417 e. The lowest BCUT2D eigenvalue weighted by molar-refractivity contribution is -0.137. The maximum absolute atomic E-state index is 12.6. The standard InChI is InChI=1S/C10H9ClF3N5/c1-19-17-9(16-18-19)5-15-6-2-3-8(11)7(4-6)10(12,13)14/h2-4,15H,5H2,1H3. The van der Waals surface area contributed by atoms with Gasteiger partial charge in [-0.05, 0) is 23.4 Å². The minimum Gasteiger partial charge on any atom is -0.378 e. The number of halogens is 4. The molecule has 1 aromatic heterocycles. The molecule has 0 aliphatic heterocycles. The van der Waals surface area contributed by atoms with Crippen LogP contribution in [-0.2, 0) is 19.8 Å². The van der Waals surface area contributed by atoms with Crippen molar-refractivity contribution in [1.82, 2.24) is 20.2 Å². The first-order valence-electron chi connectivity index (χ1n) is 5.20. The van der Waals surface area contributed by atoms with Crippen LogP contribution in [0.5, 0.6) is 0 Å². The van der Waals surface area contributed by atoms with Crippen LogP contribution in [0.15, 0.2) is 18.2 Å². The molecule has 0 radical (unpaired) electrons. The fourth-order valence-electron chi connectivity index (χ4n) is 1.43. The van der Waals surface area contributed by atoms with Crippen LogP contribution in [0, 0.1) is 0 Å². The molecule has 9 heteroatoms. The van der Waals surface area contributed by atoms with Gasteiger partial charge in [0.1, 0.15) is 0 Å². The summed E-state index contributed by atoms with van der Waals surface area (Å²) in [6.07, 6.45) is -4.49. The Hall–Kier alpha value is -1.83. The molecule has 0 saturated carbocycles. The predicted molar refractivity (Wildman–Crippen MR) is 62.6 cm³/mol. The van der Waals surface area contributed by atoms with Crippen molar-refractivity contribution >= 4 is 17.3 Å². The highest BCUT2D eigenvalue weighted by atomic mass is 35.5. The van der Waals surface area contributed by atoms with E-state index < -0.39 is 11.7 Å². The fourth-order valence-corrected chi connectivity index (χ4v) is 1.65. The number of hydrogen-bond acceptors (Lipinski definition) is 4. The molecular formula is C10H9ClF3N5. The molecule has 0 amide bonds. The molecule has 2 aromatic rings. The zero-order valence-electron chi connectivity index (χ0n) is 9.74. The second-order valence-corrected chi connectivity index (χ2v) is 4.15. The summed E-state index contributed by atoms with van der Waals surface area (Å²) in [5.41, 5.74) is -0.601. The summed E-state index contributed by atoms with van der Waals surface area (Å²) in [7, 11) is 1.60. The summed E-state index contributed by atoms with van der Waals surface area (Å²) >= 11 is 5.52. The number of rotatable bonds is 3. The average Bonchev–Trinajstić information content (AvgIpc) is 2.72. The van der Waals surface area contributed by atoms with Crippen molar-refractivity contribution in [2.45, 2.75) is 12.7 Å². The van der Waals surface area contributed by atoms with Crippen molar-refractivity contribution in [2.24, 2.45) is 7.05 Å². The number of aromatic nitrogens is 4. The summed E-state index contributed by atoms with van der Waals surface area (Å²) in [6.45, 7) is 0.173. The minimum absolute atomic E-state index is 0.173. The topological polar surface area (TPSA) is 55.6 Å². The van der Waals surface area contributed by atoms with Gasteiger partial charge >= 0.3 is 6.18 Å². The third kappa shape index (κ3) is 3.34. The molecule has 5 nitrogen and oxygen atoms in total. The summed E-state index contributed by atoms with van der Waals surface area (Å²) in [5, 5.41) is 13.7. The number of nitrogens with zero attached hydrogens (tertiary/aromatic N) is 4. The Labute approximate surface area is 111 Å². The number of nitrogens with one attached hydrogen (secondary N) is 1. The molecule has 0 aliphatic rings. The molecule has 0 unspecified atom stereocenters. The van der Waals surface area contributed by atoms with Crippen molar-refractivity contribution in [3.63, 3.8) is 0 Å². The molecule has 102 valence electrons. The van der Waals surface area contributed by atoms with Crippen LogP contribution >= 0.6 is 11.6 Å². The third-order valence-corrected chi connectivity index (χ3v) is 2.60. The Morgan fingerprint density at radius 3 is 2.68 bits per heavy atom. The highest BCUT2D eigenvalue weighted by molar-refractivity contribution is 6.31. The van der Waals surface area contributed by atoms with E-state index in [4.69, 9.17) is 11.6 Å². The van der Waals surface area contributed by atoms with E-state index in [0.29, 0.717) is 5.82 Å². The zero-order valence-corrected chi connectivity index (χ0v) is 10.5. The van der Waals surface area contributed by atoms with Crippen LogP contribution < -0.4 is 5.32 Å². The number of hydrogen-bond donors (Lipinski definition) is 1. The summed E-state index contributed by atoms with van der Waals surface area (Å²) in [5.74, 6) is 0.381. The molecule has 0 atom stereocenters. The number of benzene rings is 1. The van der Waals surface area contributed by atoms with Crippen LogP contribution in [0.1, 0.15) is 11.4 Å². The number of anilines is 1. The quantitative estimate of drug-likeness (QED) is 0.944. The van der Waals surface area contributed by atoms with Crippen LogP contribution in [-0.4, -0.2) is 20.2 Å². The highest BCUT2D eigenvalue weighted by Crippen LogP contribution is 2.36. The molecule has 19 heavy (non-hydrogen) atoms. The van der Waals surface area contributed by atoms with Gasteiger partial charge in [-0.1, -0.05) is 11.6 Å². The molecule has 0 fully saturated rings. The Kier molecular flexibility index (Phi) is 3.61. The van der Waals surface area contributed by atoms with E-state index in [2.05, 4.69) is 20.7 Å². The SMILES string of the molecule is Cn1nnc(CNc2ccc(Cl)c(C(F)(F)F)c2)n1. The van der Waals surface area contributed by atoms with Crippen LogP contribution in [0.25, 0.3) is 0 Å². The van der Waals surface area contributed by atoms with E-state index in [-0.39, 0.29) is 17.3 Å². The zero-order chi connectivity index (χ0) is 14.0. The van der Waals surface area contributed by atoms with Crippen LogP contribution in [0.3, 0.4) is 0 Å². The molecule has 1 aromatic carbocycles.